The number of rotatable bonds is 3. The summed E-state index contributed by atoms with van der Waals surface area (Å²) in [5.74, 6) is 0.714. The molecule has 2 aliphatic rings. The molecule has 0 saturated carbocycles. The summed E-state index contributed by atoms with van der Waals surface area (Å²) in [5.41, 5.74) is 6.69. The van der Waals surface area contributed by atoms with Crippen LogP contribution in [0.1, 0.15) is 42.2 Å². The molecule has 3 atom stereocenters. The minimum absolute atomic E-state index is 0.393. The molecule has 1 unspecified atom stereocenters. The first-order valence-corrected chi connectivity index (χ1v) is 7.92. The average Bonchev–Trinajstić information content (AvgIpc) is 3.07. The van der Waals surface area contributed by atoms with Gasteiger partial charge in [-0.2, -0.15) is 0 Å². The first kappa shape index (κ1) is 14.5. The van der Waals surface area contributed by atoms with Crippen LogP contribution in [0.2, 0.25) is 0 Å². The number of aromatic nitrogens is 1. The van der Waals surface area contributed by atoms with Crippen LogP contribution < -0.4 is 15.5 Å². The van der Waals surface area contributed by atoms with E-state index in [2.05, 4.69) is 12.2 Å². The van der Waals surface area contributed by atoms with Gasteiger partial charge in [0.25, 0.3) is 5.91 Å². The fourth-order valence-electron chi connectivity index (χ4n) is 4.24. The van der Waals surface area contributed by atoms with Gasteiger partial charge in [-0.15, -0.1) is 0 Å². The molecule has 2 saturated heterocycles. The van der Waals surface area contributed by atoms with Gasteiger partial charge in [0.2, 0.25) is 5.82 Å². The van der Waals surface area contributed by atoms with Crippen molar-refractivity contribution in [2.75, 3.05) is 19.6 Å². The van der Waals surface area contributed by atoms with E-state index in [1.54, 1.807) is 0 Å². The second kappa shape index (κ2) is 5.39. The Kier molecular flexibility index (Phi) is 3.71. The molecule has 21 heavy (non-hydrogen) atoms. The summed E-state index contributed by atoms with van der Waals surface area (Å²) in [7, 11) is 0. The van der Waals surface area contributed by atoms with Crippen molar-refractivity contribution in [2.45, 2.75) is 45.2 Å². The SMILES string of the molecule is Cc1nc([N+]2([C@@H]3CCNC3)CCC[C@@H]2C)ccc1C(N)=O. The Balaban J connectivity index is 2.05. The van der Waals surface area contributed by atoms with Crippen LogP contribution in [0.3, 0.4) is 0 Å². The number of nitrogens with two attached hydrogens (primary N) is 1. The van der Waals surface area contributed by atoms with E-state index in [0.717, 1.165) is 35.6 Å². The van der Waals surface area contributed by atoms with Crippen molar-refractivity contribution in [3.63, 3.8) is 0 Å². The van der Waals surface area contributed by atoms with Crippen LogP contribution in [0.25, 0.3) is 0 Å². The van der Waals surface area contributed by atoms with Crippen LogP contribution in [0.4, 0.5) is 5.82 Å². The maximum atomic E-state index is 11.4. The highest BCUT2D eigenvalue weighted by Crippen LogP contribution is 2.38. The molecule has 3 heterocycles. The van der Waals surface area contributed by atoms with Crippen LogP contribution >= 0.6 is 0 Å². The summed E-state index contributed by atoms with van der Waals surface area (Å²) in [6, 6.07) is 5.05. The quantitative estimate of drug-likeness (QED) is 0.825. The third-order valence-electron chi connectivity index (χ3n) is 5.39. The summed E-state index contributed by atoms with van der Waals surface area (Å²) in [6.07, 6.45) is 3.69. The van der Waals surface area contributed by atoms with Gasteiger partial charge in [-0.3, -0.25) is 9.28 Å². The average molecular weight is 289 g/mol. The summed E-state index contributed by atoms with van der Waals surface area (Å²) in [4.78, 5) is 16.2. The molecule has 3 N–H and O–H groups in total. The molecule has 5 heteroatoms. The minimum Gasteiger partial charge on any atom is -0.366 e. The molecule has 0 aromatic carbocycles. The van der Waals surface area contributed by atoms with Gasteiger partial charge in [-0.05, 0) is 19.9 Å². The zero-order valence-electron chi connectivity index (χ0n) is 12.9. The molecule has 0 aliphatic carbocycles. The highest BCUT2D eigenvalue weighted by molar-refractivity contribution is 5.94. The number of carbonyl (C=O) groups excluding carboxylic acids is 1. The summed E-state index contributed by atoms with van der Waals surface area (Å²) in [6.45, 7) is 7.52. The maximum Gasteiger partial charge on any atom is 0.250 e. The highest BCUT2D eigenvalue weighted by Gasteiger charge is 2.49. The van der Waals surface area contributed by atoms with Gasteiger partial charge in [-0.1, -0.05) is 0 Å². The monoisotopic (exact) mass is 289 g/mol. The van der Waals surface area contributed by atoms with E-state index in [-0.39, 0.29) is 0 Å². The lowest BCUT2D eigenvalue weighted by Crippen LogP contribution is -2.60. The molecule has 0 spiro atoms. The Bertz CT molecular complexity index is 553. The fraction of sp³-hybridized carbons (Fsp3) is 0.625. The van der Waals surface area contributed by atoms with Crippen molar-refractivity contribution in [3.8, 4) is 0 Å². The van der Waals surface area contributed by atoms with Gasteiger partial charge in [0.05, 0.1) is 23.8 Å². The van der Waals surface area contributed by atoms with Gasteiger partial charge < -0.3 is 11.1 Å². The second-order valence-corrected chi connectivity index (χ2v) is 6.46. The normalized spacial score (nSPS) is 32.5. The molecule has 1 aromatic rings. The number of pyridine rings is 1. The van der Waals surface area contributed by atoms with Crippen LogP contribution in [-0.2, 0) is 0 Å². The number of nitrogens with zero attached hydrogens (tertiary/aromatic N) is 2. The van der Waals surface area contributed by atoms with E-state index in [1.807, 2.05) is 19.1 Å². The lowest BCUT2D eigenvalue weighted by molar-refractivity contribution is 0.0999. The van der Waals surface area contributed by atoms with Crippen LogP contribution in [0.5, 0.6) is 0 Å². The number of amides is 1. The fourth-order valence-corrected chi connectivity index (χ4v) is 4.24. The first-order chi connectivity index (χ1) is 10.1. The Labute approximate surface area is 126 Å². The number of likely N-dealkylation sites (tertiary alicyclic amines) is 1. The van der Waals surface area contributed by atoms with E-state index < -0.39 is 5.91 Å². The smallest absolute Gasteiger partial charge is 0.250 e. The van der Waals surface area contributed by atoms with Crippen LogP contribution in [-0.4, -0.2) is 42.6 Å². The second-order valence-electron chi connectivity index (χ2n) is 6.46. The van der Waals surface area contributed by atoms with Gasteiger partial charge >= 0.3 is 0 Å². The van der Waals surface area contributed by atoms with E-state index >= 15 is 0 Å². The van der Waals surface area contributed by atoms with Crippen molar-refractivity contribution in [1.29, 1.82) is 0 Å². The van der Waals surface area contributed by atoms with E-state index in [0.29, 0.717) is 17.6 Å². The summed E-state index contributed by atoms with van der Waals surface area (Å²) < 4.78 is 0.965. The topological polar surface area (TPSA) is 68.0 Å². The number of carbonyl (C=O) groups is 1. The molecule has 5 nitrogen and oxygen atoms in total. The Morgan fingerprint density at radius 2 is 2.24 bits per heavy atom. The predicted octanol–water partition coefficient (Wildman–Crippen LogP) is 1.34. The molecular weight excluding hydrogens is 264 g/mol. The van der Waals surface area contributed by atoms with Gasteiger partial charge in [-0.25, -0.2) is 4.98 Å². The maximum absolute atomic E-state index is 11.4. The molecular formula is C16H25N4O+. The van der Waals surface area contributed by atoms with E-state index in [9.17, 15) is 4.79 Å². The Morgan fingerprint density at radius 3 is 2.76 bits per heavy atom. The van der Waals surface area contributed by atoms with Crippen molar-refractivity contribution >= 4 is 11.7 Å². The summed E-state index contributed by atoms with van der Waals surface area (Å²) >= 11 is 0. The van der Waals surface area contributed by atoms with Crippen LogP contribution in [0.15, 0.2) is 12.1 Å². The van der Waals surface area contributed by atoms with E-state index in [4.69, 9.17) is 10.7 Å². The number of primary amides is 1. The molecule has 1 aromatic heterocycles. The van der Waals surface area contributed by atoms with Gasteiger partial charge in [0.15, 0.2) is 0 Å². The zero-order chi connectivity index (χ0) is 15.0. The Hall–Kier alpha value is -1.46. The molecule has 1 amide bonds. The van der Waals surface area contributed by atoms with Crippen molar-refractivity contribution < 1.29 is 4.79 Å². The number of hydrogen-bond donors (Lipinski definition) is 2. The van der Waals surface area contributed by atoms with E-state index in [1.165, 1.54) is 19.3 Å². The lowest BCUT2D eigenvalue weighted by Gasteiger charge is -2.42. The summed E-state index contributed by atoms with van der Waals surface area (Å²) in [5, 5.41) is 3.49. The molecule has 114 valence electrons. The van der Waals surface area contributed by atoms with Gasteiger partial charge in [0, 0.05) is 38.4 Å². The number of quaternary nitrogens is 1. The highest BCUT2D eigenvalue weighted by atomic mass is 16.1. The number of aryl methyl sites for hydroxylation is 1. The third kappa shape index (κ3) is 2.24. The largest absolute Gasteiger partial charge is 0.366 e. The molecule has 2 fully saturated rings. The van der Waals surface area contributed by atoms with Crippen molar-refractivity contribution in [2.24, 2.45) is 5.73 Å². The predicted molar refractivity (Wildman–Crippen MR) is 84.1 cm³/mol. The standard InChI is InChI=1S/C16H24N4O/c1-11-4-3-9-20(11,13-7-8-18-10-13)15-6-5-14(16(17)21)12(2)19-15/h5-6,11,13,18H,3-4,7-10H2,1-2H3,(H-,17,21)/p+1/t11-,13+,20?/m0/s1. The Morgan fingerprint density at radius 1 is 1.43 bits per heavy atom. The molecule has 0 radical (unpaired) electrons. The van der Waals surface area contributed by atoms with Gasteiger partial charge in [0.1, 0.15) is 6.04 Å². The van der Waals surface area contributed by atoms with Crippen LogP contribution in [0, 0.1) is 6.92 Å². The molecule has 0 bridgehead atoms. The van der Waals surface area contributed by atoms with Crippen molar-refractivity contribution in [3.05, 3.63) is 23.4 Å². The molecule has 2 aliphatic heterocycles. The minimum atomic E-state index is -0.393. The van der Waals surface area contributed by atoms with Crippen molar-refractivity contribution in [1.82, 2.24) is 14.8 Å². The zero-order valence-corrected chi connectivity index (χ0v) is 12.9. The third-order valence-corrected chi connectivity index (χ3v) is 5.39. The first-order valence-electron chi connectivity index (χ1n) is 7.92. The number of hydrogen-bond acceptors (Lipinski definition) is 3. The molecule has 3 rings (SSSR count). The lowest BCUT2D eigenvalue weighted by atomic mass is 10.1. The number of nitrogens with one attached hydrogen (secondary N) is 1.